The molecule has 0 spiro atoms. The number of nitrogens with zero attached hydrogens (tertiary/aromatic N) is 4. The van der Waals surface area contributed by atoms with Gasteiger partial charge in [-0.15, -0.1) is 10.2 Å². The average molecular weight is 439 g/mol. The van der Waals surface area contributed by atoms with Gasteiger partial charge in [-0.05, 0) is 47.5 Å². The average Bonchev–Trinajstić information content (AvgIpc) is 3.51. The van der Waals surface area contributed by atoms with Crippen LogP contribution in [0.1, 0.15) is 21.9 Å². The third-order valence-electron chi connectivity index (χ3n) is 5.30. The third kappa shape index (κ3) is 4.18. The van der Waals surface area contributed by atoms with Crippen LogP contribution in [0.2, 0.25) is 0 Å². The lowest BCUT2D eigenvalue weighted by atomic mass is 10.1. The van der Waals surface area contributed by atoms with Crippen molar-refractivity contribution in [3.8, 4) is 22.9 Å². The molecule has 164 valence electrons. The molecule has 0 saturated heterocycles. The Morgan fingerprint density at radius 1 is 1.06 bits per heavy atom. The Hall–Kier alpha value is -4.46. The summed E-state index contributed by atoms with van der Waals surface area (Å²) in [4.78, 5) is 16.8. The second kappa shape index (κ2) is 8.58. The molecule has 1 N–H and O–H groups in total. The minimum atomic E-state index is -0.431. The Labute approximate surface area is 189 Å². The molecule has 2 aromatic heterocycles. The van der Waals surface area contributed by atoms with Gasteiger partial charge in [-0.3, -0.25) is 4.79 Å². The number of aryl methyl sites for hydroxylation is 1. The van der Waals surface area contributed by atoms with Crippen LogP contribution in [0.25, 0.3) is 27.9 Å². The first-order valence-electron chi connectivity index (χ1n) is 10.4. The maximum absolute atomic E-state index is 12.5. The molecular formula is C25H21N5O3. The maximum Gasteiger partial charge on any atom is 0.309 e. The highest BCUT2D eigenvalue weighted by atomic mass is 16.5. The molecule has 0 saturated carbocycles. The highest BCUT2D eigenvalue weighted by molar-refractivity contribution is 5.90. The number of nitrogens with one attached hydrogen (secondary N) is 1. The van der Waals surface area contributed by atoms with Crippen LogP contribution < -0.4 is 10.1 Å². The van der Waals surface area contributed by atoms with Gasteiger partial charge in [-0.1, -0.05) is 36.4 Å². The topological polar surface area (TPSA) is 95.1 Å². The van der Waals surface area contributed by atoms with Gasteiger partial charge in [0.05, 0.1) is 24.8 Å². The summed E-state index contributed by atoms with van der Waals surface area (Å²) in [5.41, 5.74) is 3.36. The molecule has 0 aliphatic rings. The summed E-state index contributed by atoms with van der Waals surface area (Å²) < 4.78 is 13.0. The van der Waals surface area contributed by atoms with E-state index < -0.39 is 5.91 Å². The molecule has 3 aromatic carbocycles. The second-order valence-electron chi connectivity index (χ2n) is 7.59. The Morgan fingerprint density at radius 3 is 2.70 bits per heavy atom. The standard InChI is InChI=1S/C25H21N5O3/c1-16-14-30(15-27-16)21-10-9-20(12-22(21)32-2)24-28-29-25(33-24)23(31)26-13-17-7-8-18-5-3-4-6-19(18)11-17/h3-12,14-15H,13H2,1-2H3,(H,26,31). The number of amides is 1. The van der Waals surface area contributed by atoms with Crippen molar-refractivity contribution in [3.05, 3.63) is 90.3 Å². The second-order valence-corrected chi connectivity index (χ2v) is 7.59. The minimum absolute atomic E-state index is 0.0981. The molecule has 5 aromatic rings. The molecule has 0 unspecified atom stereocenters. The SMILES string of the molecule is COc1cc(-c2nnc(C(=O)NCc3ccc4ccccc4c3)o2)ccc1-n1cnc(C)c1. The normalized spacial score (nSPS) is 11.0. The largest absolute Gasteiger partial charge is 0.495 e. The van der Waals surface area contributed by atoms with E-state index in [-0.39, 0.29) is 11.8 Å². The van der Waals surface area contributed by atoms with Crippen LogP contribution in [0, 0.1) is 6.92 Å². The van der Waals surface area contributed by atoms with Gasteiger partial charge in [0.1, 0.15) is 5.75 Å². The number of rotatable bonds is 6. The Balaban J connectivity index is 1.31. The van der Waals surface area contributed by atoms with E-state index in [1.807, 2.05) is 66.2 Å². The van der Waals surface area contributed by atoms with Crippen LogP contribution in [-0.2, 0) is 6.54 Å². The summed E-state index contributed by atoms with van der Waals surface area (Å²) in [7, 11) is 1.59. The van der Waals surface area contributed by atoms with Crippen LogP contribution in [0.15, 0.2) is 77.6 Å². The summed E-state index contributed by atoms with van der Waals surface area (Å²) in [5, 5.41) is 13.0. The van der Waals surface area contributed by atoms with E-state index in [1.165, 1.54) is 0 Å². The number of hydrogen-bond acceptors (Lipinski definition) is 6. The van der Waals surface area contributed by atoms with Crippen LogP contribution in [0.4, 0.5) is 0 Å². The van der Waals surface area contributed by atoms with Crippen LogP contribution in [0.3, 0.4) is 0 Å². The smallest absolute Gasteiger partial charge is 0.309 e. The molecule has 0 atom stereocenters. The van der Waals surface area contributed by atoms with Crippen molar-refractivity contribution in [2.45, 2.75) is 13.5 Å². The predicted molar refractivity (Wildman–Crippen MR) is 123 cm³/mol. The molecule has 33 heavy (non-hydrogen) atoms. The Kier molecular flexibility index (Phi) is 5.32. The number of benzene rings is 3. The van der Waals surface area contributed by atoms with Crippen molar-refractivity contribution < 1.29 is 13.9 Å². The molecule has 0 bridgehead atoms. The Bertz CT molecular complexity index is 1450. The summed E-state index contributed by atoms with van der Waals surface area (Å²) >= 11 is 0. The summed E-state index contributed by atoms with van der Waals surface area (Å²) in [6.45, 7) is 2.27. The fourth-order valence-electron chi connectivity index (χ4n) is 3.62. The van der Waals surface area contributed by atoms with E-state index in [4.69, 9.17) is 9.15 Å². The lowest BCUT2D eigenvalue weighted by Gasteiger charge is -2.09. The molecule has 8 heteroatoms. The third-order valence-corrected chi connectivity index (χ3v) is 5.30. The van der Waals surface area contributed by atoms with Gasteiger partial charge in [-0.2, -0.15) is 0 Å². The zero-order valence-electron chi connectivity index (χ0n) is 18.1. The number of carbonyl (C=O) groups excluding carboxylic acids is 1. The molecule has 8 nitrogen and oxygen atoms in total. The summed E-state index contributed by atoms with van der Waals surface area (Å²) in [6.07, 6.45) is 3.62. The van der Waals surface area contributed by atoms with Gasteiger partial charge in [0.2, 0.25) is 5.89 Å². The predicted octanol–water partition coefficient (Wildman–Crippen LogP) is 4.32. The maximum atomic E-state index is 12.5. The minimum Gasteiger partial charge on any atom is -0.495 e. The quantitative estimate of drug-likeness (QED) is 0.423. The first-order valence-corrected chi connectivity index (χ1v) is 10.4. The Morgan fingerprint density at radius 2 is 1.91 bits per heavy atom. The number of hydrogen-bond donors (Lipinski definition) is 1. The van der Waals surface area contributed by atoms with Crippen molar-refractivity contribution >= 4 is 16.7 Å². The number of carbonyl (C=O) groups is 1. The number of aromatic nitrogens is 4. The van der Waals surface area contributed by atoms with Crippen LogP contribution in [0.5, 0.6) is 5.75 Å². The molecule has 2 heterocycles. The van der Waals surface area contributed by atoms with Gasteiger partial charge in [0.25, 0.3) is 0 Å². The zero-order valence-corrected chi connectivity index (χ0v) is 18.1. The van der Waals surface area contributed by atoms with Crippen LogP contribution in [-0.4, -0.2) is 32.8 Å². The van der Waals surface area contributed by atoms with Gasteiger partial charge >= 0.3 is 11.8 Å². The fourth-order valence-corrected chi connectivity index (χ4v) is 3.62. The summed E-state index contributed by atoms with van der Waals surface area (Å²) in [5.74, 6) is 0.321. The molecule has 0 aliphatic carbocycles. The van der Waals surface area contributed by atoms with Crippen molar-refractivity contribution in [2.24, 2.45) is 0 Å². The molecule has 0 radical (unpaired) electrons. The lowest BCUT2D eigenvalue weighted by molar-refractivity contribution is 0.0917. The highest BCUT2D eigenvalue weighted by Gasteiger charge is 2.17. The van der Waals surface area contributed by atoms with E-state index in [0.717, 1.165) is 27.7 Å². The van der Waals surface area contributed by atoms with Crippen LogP contribution >= 0.6 is 0 Å². The first kappa shape index (κ1) is 20.4. The van der Waals surface area contributed by atoms with Gasteiger partial charge in [0, 0.05) is 18.3 Å². The van der Waals surface area contributed by atoms with Gasteiger partial charge in [-0.25, -0.2) is 4.98 Å². The fraction of sp³-hybridized carbons (Fsp3) is 0.120. The number of fused-ring (bicyclic) bond motifs is 1. The molecule has 1 amide bonds. The van der Waals surface area contributed by atoms with E-state index in [1.54, 1.807) is 19.5 Å². The molecule has 5 rings (SSSR count). The van der Waals surface area contributed by atoms with E-state index in [0.29, 0.717) is 17.9 Å². The van der Waals surface area contributed by atoms with Gasteiger partial charge in [0.15, 0.2) is 0 Å². The molecular weight excluding hydrogens is 418 g/mol. The first-order chi connectivity index (χ1) is 16.1. The molecule has 0 aliphatic heterocycles. The monoisotopic (exact) mass is 439 g/mol. The molecule has 0 fully saturated rings. The lowest BCUT2D eigenvalue weighted by Crippen LogP contribution is -2.23. The number of ether oxygens (including phenoxy) is 1. The summed E-state index contributed by atoms with van der Waals surface area (Å²) in [6, 6.07) is 19.6. The number of imidazole rings is 1. The van der Waals surface area contributed by atoms with Crippen molar-refractivity contribution in [2.75, 3.05) is 7.11 Å². The highest BCUT2D eigenvalue weighted by Crippen LogP contribution is 2.29. The number of methoxy groups -OCH3 is 1. The van der Waals surface area contributed by atoms with E-state index in [2.05, 4.69) is 26.6 Å². The van der Waals surface area contributed by atoms with E-state index in [9.17, 15) is 4.79 Å². The van der Waals surface area contributed by atoms with Gasteiger partial charge < -0.3 is 19.0 Å². The van der Waals surface area contributed by atoms with Crippen molar-refractivity contribution in [3.63, 3.8) is 0 Å². The van der Waals surface area contributed by atoms with E-state index >= 15 is 0 Å². The van der Waals surface area contributed by atoms with Crippen molar-refractivity contribution in [1.29, 1.82) is 0 Å². The van der Waals surface area contributed by atoms with Crippen molar-refractivity contribution in [1.82, 2.24) is 25.1 Å². The zero-order chi connectivity index (χ0) is 22.8.